The van der Waals surface area contributed by atoms with Crippen LogP contribution in [0.2, 0.25) is 0 Å². The second-order valence-corrected chi connectivity index (χ2v) is 6.89. The maximum atomic E-state index is 11.4. The predicted molar refractivity (Wildman–Crippen MR) is 104 cm³/mol. The minimum atomic E-state index is -0.955. The van der Waals surface area contributed by atoms with Crippen molar-refractivity contribution >= 4 is 11.8 Å². The third kappa shape index (κ3) is 2.76. The molecule has 7 nitrogen and oxygen atoms in total. The first-order valence-electron chi connectivity index (χ1n) is 9.30. The van der Waals surface area contributed by atoms with Gasteiger partial charge in [0, 0.05) is 17.7 Å². The van der Waals surface area contributed by atoms with Gasteiger partial charge in [-0.25, -0.2) is 9.48 Å². The highest BCUT2D eigenvalue weighted by molar-refractivity contribution is 5.88. The summed E-state index contributed by atoms with van der Waals surface area (Å²) in [5.74, 6) is 1.42. The van der Waals surface area contributed by atoms with Crippen LogP contribution in [-0.4, -0.2) is 34.2 Å². The van der Waals surface area contributed by atoms with E-state index in [0.29, 0.717) is 0 Å². The van der Waals surface area contributed by atoms with Gasteiger partial charge in [-0.1, -0.05) is 6.07 Å². The highest BCUT2D eigenvalue weighted by Crippen LogP contribution is 2.39. The zero-order chi connectivity index (χ0) is 19.1. The van der Waals surface area contributed by atoms with Gasteiger partial charge in [-0.05, 0) is 55.7 Å². The van der Waals surface area contributed by atoms with Gasteiger partial charge >= 0.3 is 5.97 Å². The molecule has 0 radical (unpaired) electrons. The van der Waals surface area contributed by atoms with Crippen molar-refractivity contribution in [3.05, 3.63) is 53.6 Å². The van der Waals surface area contributed by atoms with E-state index in [1.165, 1.54) is 0 Å². The maximum absolute atomic E-state index is 11.4. The van der Waals surface area contributed by atoms with Crippen molar-refractivity contribution in [2.45, 2.75) is 19.3 Å². The fraction of sp³-hybridized carbons (Fsp3) is 0.238. The van der Waals surface area contributed by atoms with Crippen LogP contribution < -0.4 is 14.8 Å². The molecule has 0 atom stereocenters. The molecule has 2 aliphatic rings. The van der Waals surface area contributed by atoms with Crippen LogP contribution in [0.25, 0.3) is 16.9 Å². The van der Waals surface area contributed by atoms with E-state index in [0.717, 1.165) is 65.6 Å². The SMILES string of the molecule is O=C(O)c1cccc(-n2nc(-c3ccc4c(c3)OCO4)c3c2NCCCC3)c1. The van der Waals surface area contributed by atoms with Crippen molar-refractivity contribution in [2.75, 3.05) is 18.7 Å². The Balaban J connectivity index is 1.67. The van der Waals surface area contributed by atoms with Crippen LogP contribution in [0.5, 0.6) is 11.5 Å². The van der Waals surface area contributed by atoms with Crippen LogP contribution in [-0.2, 0) is 6.42 Å². The number of hydrogen-bond acceptors (Lipinski definition) is 5. The minimum Gasteiger partial charge on any atom is -0.478 e. The number of aromatic carboxylic acids is 1. The third-order valence-corrected chi connectivity index (χ3v) is 5.11. The number of ether oxygens (including phenoxy) is 2. The summed E-state index contributed by atoms with van der Waals surface area (Å²) in [6.07, 6.45) is 3.05. The van der Waals surface area contributed by atoms with Crippen LogP contribution in [0.1, 0.15) is 28.8 Å². The Labute approximate surface area is 161 Å². The number of benzene rings is 2. The van der Waals surface area contributed by atoms with E-state index in [1.807, 2.05) is 28.9 Å². The minimum absolute atomic E-state index is 0.231. The molecule has 0 fully saturated rings. The van der Waals surface area contributed by atoms with Gasteiger partial charge in [0.05, 0.1) is 16.9 Å². The zero-order valence-electron chi connectivity index (χ0n) is 15.1. The number of carbonyl (C=O) groups is 1. The van der Waals surface area contributed by atoms with Gasteiger partial charge in [0.2, 0.25) is 6.79 Å². The lowest BCUT2D eigenvalue weighted by atomic mass is 10.0. The average Bonchev–Trinajstić information content (AvgIpc) is 3.25. The van der Waals surface area contributed by atoms with Crippen LogP contribution in [0, 0.1) is 0 Å². The van der Waals surface area contributed by atoms with Crippen LogP contribution >= 0.6 is 0 Å². The molecule has 2 N–H and O–H groups in total. The van der Waals surface area contributed by atoms with E-state index < -0.39 is 5.97 Å². The molecule has 3 heterocycles. The number of fused-ring (bicyclic) bond motifs is 2. The average molecular weight is 377 g/mol. The molecule has 7 heteroatoms. The molecule has 3 aromatic rings. The van der Waals surface area contributed by atoms with Crippen molar-refractivity contribution in [1.29, 1.82) is 0 Å². The number of anilines is 1. The topological polar surface area (TPSA) is 85.6 Å². The molecule has 0 amide bonds. The Morgan fingerprint density at radius 3 is 2.89 bits per heavy atom. The number of aromatic nitrogens is 2. The molecule has 0 spiro atoms. The number of hydrogen-bond donors (Lipinski definition) is 2. The molecule has 5 rings (SSSR count). The normalized spacial score (nSPS) is 14.9. The summed E-state index contributed by atoms with van der Waals surface area (Å²) in [5, 5.41) is 17.7. The lowest BCUT2D eigenvalue weighted by Gasteiger charge is -2.09. The summed E-state index contributed by atoms with van der Waals surface area (Å²) < 4.78 is 12.8. The molecule has 0 unspecified atom stereocenters. The Bertz CT molecular complexity index is 1070. The molecular formula is C21H19N3O4. The van der Waals surface area contributed by atoms with E-state index in [9.17, 15) is 9.90 Å². The molecule has 0 saturated carbocycles. The Kier molecular flexibility index (Phi) is 3.93. The van der Waals surface area contributed by atoms with E-state index in [-0.39, 0.29) is 12.4 Å². The summed E-state index contributed by atoms with van der Waals surface area (Å²) in [6.45, 7) is 1.09. The second kappa shape index (κ2) is 6.60. The van der Waals surface area contributed by atoms with E-state index in [2.05, 4.69) is 5.32 Å². The van der Waals surface area contributed by atoms with Gasteiger partial charge in [-0.2, -0.15) is 5.10 Å². The third-order valence-electron chi connectivity index (χ3n) is 5.11. The Morgan fingerprint density at radius 1 is 1.11 bits per heavy atom. The van der Waals surface area contributed by atoms with Crippen molar-refractivity contribution in [3.63, 3.8) is 0 Å². The lowest BCUT2D eigenvalue weighted by molar-refractivity contribution is 0.0697. The number of carboxylic acids is 1. The van der Waals surface area contributed by atoms with Gasteiger partial charge < -0.3 is 19.9 Å². The summed E-state index contributed by atoms with van der Waals surface area (Å²) in [7, 11) is 0. The molecule has 1 aromatic heterocycles. The Morgan fingerprint density at radius 2 is 2.00 bits per heavy atom. The largest absolute Gasteiger partial charge is 0.478 e. The van der Waals surface area contributed by atoms with Gasteiger partial charge in [-0.3, -0.25) is 0 Å². The number of nitrogens with zero attached hydrogens (tertiary/aromatic N) is 2. The summed E-state index contributed by atoms with van der Waals surface area (Å²) >= 11 is 0. The molecular weight excluding hydrogens is 358 g/mol. The van der Waals surface area contributed by atoms with Gasteiger partial charge in [0.25, 0.3) is 0 Å². The smallest absolute Gasteiger partial charge is 0.335 e. The molecule has 2 aromatic carbocycles. The number of carboxylic acid groups (broad SMARTS) is 1. The standard InChI is InChI=1S/C21H19N3O4/c25-21(26)14-4-3-5-15(10-14)24-20-16(6-1-2-9-22-20)19(23-24)13-7-8-17-18(11-13)28-12-27-17/h3-5,7-8,10-11,22H,1-2,6,9,12H2,(H,25,26). The monoisotopic (exact) mass is 377 g/mol. The fourth-order valence-electron chi connectivity index (χ4n) is 3.74. The molecule has 0 saturated heterocycles. The van der Waals surface area contributed by atoms with E-state index >= 15 is 0 Å². The van der Waals surface area contributed by atoms with Gasteiger partial charge in [0.15, 0.2) is 11.5 Å². The van der Waals surface area contributed by atoms with E-state index in [4.69, 9.17) is 14.6 Å². The molecule has 2 aliphatic heterocycles. The van der Waals surface area contributed by atoms with Crippen LogP contribution in [0.4, 0.5) is 5.82 Å². The number of nitrogens with one attached hydrogen (secondary N) is 1. The summed E-state index contributed by atoms with van der Waals surface area (Å²) in [4.78, 5) is 11.4. The van der Waals surface area contributed by atoms with Crippen molar-refractivity contribution < 1.29 is 19.4 Å². The molecule has 28 heavy (non-hydrogen) atoms. The first-order valence-corrected chi connectivity index (χ1v) is 9.30. The molecule has 0 bridgehead atoms. The van der Waals surface area contributed by atoms with Gasteiger partial charge in [-0.15, -0.1) is 0 Å². The first kappa shape index (κ1) is 16.7. The van der Waals surface area contributed by atoms with Crippen molar-refractivity contribution in [3.8, 4) is 28.4 Å². The Hall–Kier alpha value is -3.48. The highest BCUT2D eigenvalue weighted by atomic mass is 16.7. The van der Waals surface area contributed by atoms with Crippen LogP contribution in [0.15, 0.2) is 42.5 Å². The lowest BCUT2D eigenvalue weighted by Crippen LogP contribution is -2.08. The second-order valence-electron chi connectivity index (χ2n) is 6.89. The predicted octanol–water partition coefficient (Wildman–Crippen LogP) is 3.71. The van der Waals surface area contributed by atoms with Crippen molar-refractivity contribution in [1.82, 2.24) is 9.78 Å². The first-order chi connectivity index (χ1) is 13.7. The maximum Gasteiger partial charge on any atom is 0.335 e. The van der Waals surface area contributed by atoms with Gasteiger partial charge in [0.1, 0.15) is 5.82 Å². The number of rotatable bonds is 3. The summed E-state index contributed by atoms with van der Waals surface area (Å²) in [5.41, 5.74) is 3.93. The molecule has 0 aliphatic carbocycles. The van der Waals surface area contributed by atoms with Crippen molar-refractivity contribution in [2.24, 2.45) is 0 Å². The quantitative estimate of drug-likeness (QED) is 0.724. The molecule has 142 valence electrons. The highest BCUT2D eigenvalue weighted by Gasteiger charge is 2.23. The van der Waals surface area contributed by atoms with E-state index in [1.54, 1.807) is 18.2 Å². The summed E-state index contributed by atoms with van der Waals surface area (Å²) in [6, 6.07) is 12.7. The fourth-order valence-corrected chi connectivity index (χ4v) is 3.74. The van der Waals surface area contributed by atoms with Crippen LogP contribution in [0.3, 0.4) is 0 Å². The zero-order valence-corrected chi connectivity index (χ0v) is 15.1.